The second-order valence-electron chi connectivity index (χ2n) is 2.89. The molecule has 0 aromatic carbocycles. The van der Waals surface area contributed by atoms with Crippen LogP contribution in [0.4, 0.5) is 27.6 Å². The third kappa shape index (κ3) is 2.60. The number of anilines is 1. The largest absolute Gasteiger partial charge is 0.418 e. The molecule has 0 spiro atoms. The molecular formula is C8H6BrF5N2. The number of hydrogen-bond donors (Lipinski definition) is 1. The maximum atomic E-state index is 12.4. The number of nitrogens with zero attached hydrogens (tertiary/aromatic N) is 1. The van der Waals surface area contributed by atoms with E-state index in [4.69, 9.17) is 5.73 Å². The zero-order valence-electron chi connectivity index (χ0n) is 7.65. The summed E-state index contributed by atoms with van der Waals surface area (Å²) in [5.41, 5.74) is 1.99. The summed E-state index contributed by atoms with van der Waals surface area (Å²) >= 11 is 2.76. The van der Waals surface area contributed by atoms with Crippen molar-refractivity contribution in [1.82, 2.24) is 4.98 Å². The van der Waals surface area contributed by atoms with Gasteiger partial charge in [-0.1, -0.05) is 15.9 Å². The number of hydrogen-bond acceptors (Lipinski definition) is 2. The fraction of sp³-hybridized carbons (Fsp3) is 0.375. The van der Waals surface area contributed by atoms with Crippen molar-refractivity contribution < 1.29 is 22.0 Å². The van der Waals surface area contributed by atoms with E-state index < -0.39 is 35.2 Å². The molecule has 8 heteroatoms. The zero-order valence-corrected chi connectivity index (χ0v) is 9.24. The average molecular weight is 305 g/mol. The van der Waals surface area contributed by atoms with Crippen molar-refractivity contribution in [2.45, 2.75) is 17.9 Å². The first-order valence-corrected chi connectivity index (χ1v) is 5.10. The molecule has 0 aliphatic heterocycles. The van der Waals surface area contributed by atoms with Gasteiger partial charge in [-0.05, 0) is 6.07 Å². The van der Waals surface area contributed by atoms with Crippen LogP contribution >= 0.6 is 15.9 Å². The molecule has 0 aliphatic carbocycles. The Morgan fingerprint density at radius 3 is 2.31 bits per heavy atom. The van der Waals surface area contributed by atoms with Gasteiger partial charge in [0.05, 0.1) is 16.9 Å². The van der Waals surface area contributed by atoms with Crippen LogP contribution in [0.1, 0.15) is 23.4 Å². The number of rotatable bonds is 2. The molecular weight excluding hydrogens is 299 g/mol. The van der Waals surface area contributed by atoms with Gasteiger partial charge in [0.15, 0.2) is 0 Å². The summed E-state index contributed by atoms with van der Waals surface area (Å²) in [7, 11) is 0. The molecule has 1 aromatic rings. The van der Waals surface area contributed by atoms with Crippen LogP contribution in [0, 0.1) is 0 Å². The zero-order chi connectivity index (χ0) is 12.5. The van der Waals surface area contributed by atoms with Crippen LogP contribution in [-0.4, -0.2) is 4.98 Å². The van der Waals surface area contributed by atoms with E-state index in [1.165, 1.54) is 0 Å². The topological polar surface area (TPSA) is 38.9 Å². The van der Waals surface area contributed by atoms with Crippen LogP contribution in [-0.2, 0) is 11.5 Å². The van der Waals surface area contributed by atoms with Gasteiger partial charge in [-0.25, -0.2) is 13.8 Å². The highest BCUT2D eigenvalue weighted by atomic mass is 79.9. The quantitative estimate of drug-likeness (QED) is 0.671. The summed E-state index contributed by atoms with van der Waals surface area (Å²) < 4.78 is 62.0. The van der Waals surface area contributed by atoms with Crippen molar-refractivity contribution in [2.24, 2.45) is 0 Å². The molecule has 1 aromatic heterocycles. The van der Waals surface area contributed by atoms with Gasteiger partial charge < -0.3 is 5.73 Å². The minimum Gasteiger partial charge on any atom is -0.397 e. The fourth-order valence-corrected chi connectivity index (χ4v) is 1.53. The van der Waals surface area contributed by atoms with E-state index in [1.807, 2.05) is 0 Å². The van der Waals surface area contributed by atoms with Gasteiger partial charge in [-0.15, -0.1) is 0 Å². The first kappa shape index (κ1) is 13.1. The number of nitrogens with two attached hydrogens (primary N) is 1. The Bertz CT molecular complexity index is 391. The summed E-state index contributed by atoms with van der Waals surface area (Å²) in [6.45, 7) is 0. The minimum atomic E-state index is -4.66. The molecule has 0 atom stereocenters. The van der Waals surface area contributed by atoms with Gasteiger partial charge >= 0.3 is 6.18 Å². The number of aromatic nitrogens is 1. The summed E-state index contributed by atoms with van der Waals surface area (Å²) in [6.07, 6.45) is -7.66. The van der Waals surface area contributed by atoms with Crippen molar-refractivity contribution in [1.29, 1.82) is 0 Å². The van der Waals surface area contributed by atoms with Gasteiger partial charge in [0.1, 0.15) is 5.69 Å². The van der Waals surface area contributed by atoms with Gasteiger partial charge in [0.2, 0.25) is 0 Å². The minimum absolute atomic E-state index is 0.276. The molecule has 0 aliphatic rings. The van der Waals surface area contributed by atoms with Gasteiger partial charge in [-0.3, -0.25) is 0 Å². The second kappa shape index (κ2) is 4.52. The molecule has 2 nitrogen and oxygen atoms in total. The molecule has 2 N–H and O–H groups in total. The molecule has 90 valence electrons. The third-order valence-electron chi connectivity index (χ3n) is 1.80. The normalized spacial score (nSPS) is 12.2. The predicted molar refractivity (Wildman–Crippen MR) is 51.2 cm³/mol. The molecule has 1 rings (SSSR count). The lowest BCUT2D eigenvalue weighted by atomic mass is 10.1. The lowest BCUT2D eigenvalue weighted by Crippen LogP contribution is -2.13. The van der Waals surface area contributed by atoms with E-state index in [9.17, 15) is 22.0 Å². The first-order chi connectivity index (χ1) is 7.27. The summed E-state index contributed by atoms with van der Waals surface area (Å²) in [5, 5.41) is -0.276. The summed E-state index contributed by atoms with van der Waals surface area (Å²) in [4.78, 5) is 3.21. The van der Waals surface area contributed by atoms with Crippen LogP contribution in [0.5, 0.6) is 0 Å². The SMILES string of the molecule is Nc1cc(C(F)(F)F)c(CBr)nc1C(F)F. The number of halogens is 6. The smallest absolute Gasteiger partial charge is 0.397 e. The van der Waals surface area contributed by atoms with E-state index in [0.717, 1.165) is 0 Å². The Morgan fingerprint density at radius 1 is 1.38 bits per heavy atom. The van der Waals surface area contributed by atoms with Crippen molar-refractivity contribution in [3.8, 4) is 0 Å². The second-order valence-corrected chi connectivity index (χ2v) is 3.45. The van der Waals surface area contributed by atoms with Crippen molar-refractivity contribution in [3.63, 3.8) is 0 Å². The first-order valence-electron chi connectivity index (χ1n) is 3.98. The fourth-order valence-electron chi connectivity index (χ4n) is 1.11. The Balaban J connectivity index is 3.38. The van der Waals surface area contributed by atoms with E-state index in [-0.39, 0.29) is 5.33 Å². The van der Waals surface area contributed by atoms with E-state index >= 15 is 0 Å². The monoisotopic (exact) mass is 304 g/mol. The number of pyridine rings is 1. The highest BCUT2D eigenvalue weighted by molar-refractivity contribution is 9.08. The van der Waals surface area contributed by atoms with Crippen LogP contribution in [0.25, 0.3) is 0 Å². The van der Waals surface area contributed by atoms with Crippen LogP contribution in [0.3, 0.4) is 0 Å². The highest BCUT2D eigenvalue weighted by Gasteiger charge is 2.35. The summed E-state index contributed by atoms with van der Waals surface area (Å²) in [5.74, 6) is 0. The number of nitrogen functional groups attached to an aromatic ring is 1. The van der Waals surface area contributed by atoms with Crippen LogP contribution in [0.15, 0.2) is 6.07 Å². The lowest BCUT2D eigenvalue weighted by Gasteiger charge is -2.13. The van der Waals surface area contributed by atoms with Crippen LogP contribution in [0.2, 0.25) is 0 Å². The molecule has 0 saturated heterocycles. The molecule has 0 fully saturated rings. The third-order valence-corrected chi connectivity index (χ3v) is 2.33. The lowest BCUT2D eigenvalue weighted by molar-refractivity contribution is -0.138. The van der Waals surface area contributed by atoms with E-state index in [0.29, 0.717) is 6.07 Å². The molecule has 0 radical (unpaired) electrons. The van der Waals surface area contributed by atoms with E-state index in [2.05, 4.69) is 20.9 Å². The maximum Gasteiger partial charge on any atom is 0.418 e. The molecule has 1 heterocycles. The van der Waals surface area contributed by atoms with Crippen molar-refractivity contribution >= 4 is 21.6 Å². The maximum absolute atomic E-state index is 12.4. The van der Waals surface area contributed by atoms with Crippen molar-refractivity contribution in [3.05, 3.63) is 23.0 Å². The Kier molecular flexibility index (Phi) is 3.72. The number of alkyl halides is 6. The van der Waals surface area contributed by atoms with Gasteiger partial charge in [0.25, 0.3) is 6.43 Å². The standard InChI is InChI=1S/C8H6BrF5N2/c9-2-5-3(8(12,13)14)1-4(15)6(16-5)7(10)11/h1,7H,2,15H2. The molecule has 0 bridgehead atoms. The molecule has 0 saturated carbocycles. The Labute approximate surface area is 95.8 Å². The Hall–Kier alpha value is -0.920. The molecule has 0 unspecified atom stereocenters. The summed E-state index contributed by atoms with van der Waals surface area (Å²) in [6, 6.07) is 0.477. The van der Waals surface area contributed by atoms with Crippen molar-refractivity contribution in [2.75, 3.05) is 5.73 Å². The average Bonchev–Trinajstić information content (AvgIpc) is 2.15. The van der Waals surface area contributed by atoms with Gasteiger partial charge in [0, 0.05) is 5.33 Å². The van der Waals surface area contributed by atoms with Gasteiger partial charge in [-0.2, -0.15) is 13.2 Å². The van der Waals surface area contributed by atoms with Crippen LogP contribution < -0.4 is 5.73 Å². The highest BCUT2D eigenvalue weighted by Crippen LogP contribution is 2.35. The predicted octanol–water partition coefficient (Wildman–Crippen LogP) is 3.52. The molecule has 0 amide bonds. The Morgan fingerprint density at radius 2 is 1.94 bits per heavy atom. The molecule has 16 heavy (non-hydrogen) atoms. The van der Waals surface area contributed by atoms with E-state index in [1.54, 1.807) is 0 Å².